The van der Waals surface area contributed by atoms with Gasteiger partial charge in [-0.15, -0.1) is 0 Å². The molecule has 0 radical (unpaired) electrons. The molecule has 1 unspecified atom stereocenters. The largest absolute Gasteiger partial charge is 0.458 e. The summed E-state index contributed by atoms with van der Waals surface area (Å²) in [5.74, 6) is 0.772. The molecule has 0 N–H and O–H groups in total. The molecule has 2 aliphatic rings. The predicted octanol–water partition coefficient (Wildman–Crippen LogP) is 3.04. The van der Waals surface area contributed by atoms with Gasteiger partial charge in [0.25, 0.3) is 0 Å². The number of halogens is 1. The van der Waals surface area contributed by atoms with Crippen molar-refractivity contribution in [3.63, 3.8) is 0 Å². The minimum absolute atomic E-state index is 0.0601. The Morgan fingerprint density at radius 1 is 1.57 bits per heavy atom. The molecule has 2 rings (SSSR count). The normalized spacial score (nSPS) is 37.1. The van der Waals surface area contributed by atoms with Gasteiger partial charge >= 0.3 is 5.97 Å². The molecule has 0 aromatic heterocycles. The molecule has 2 nitrogen and oxygen atoms in total. The van der Waals surface area contributed by atoms with E-state index in [1.165, 1.54) is 12.8 Å². The Labute approximate surface area is 93.5 Å². The van der Waals surface area contributed by atoms with E-state index in [2.05, 4.69) is 15.9 Å². The van der Waals surface area contributed by atoms with Gasteiger partial charge in [-0.2, -0.15) is 0 Å². The van der Waals surface area contributed by atoms with Crippen molar-refractivity contribution in [3.8, 4) is 0 Å². The average molecular weight is 261 g/mol. The van der Waals surface area contributed by atoms with Gasteiger partial charge < -0.3 is 4.74 Å². The third-order valence-electron chi connectivity index (χ3n) is 3.61. The molecule has 2 bridgehead atoms. The Morgan fingerprint density at radius 2 is 2.21 bits per heavy atom. The second kappa shape index (κ2) is 3.84. The summed E-state index contributed by atoms with van der Waals surface area (Å²) < 4.78 is 5.66. The van der Waals surface area contributed by atoms with E-state index in [-0.39, 0.29) is 16.4 Å². The molecule has 14 heavy (non-hydrogen) atoms. The van der Waals surface area contributed by atoms with Crippen molar-refractivity contribution >= 4 is 21.9 Å². The molecular weight excluding hydrogens is 244 g/mol. The first-order valence-electron chi connectivity index (χ1n) is 5.52. The van der Waals surface area contributed by atoms with Crippen molar-refractivity contribution in [2.45, 2.75) is 55.9 Å². The van der Waals surface area contributed by atoms with Crippen LogP contribution >= 0.6 is 15.9 Å². The minimum atomic E-state index is -0.114. The van der Waals surface area contributed by atoms with E-state index in [0.717, 1.165) is 31.6 Å². The summed E-state index contributed by atoms with van der Waals surface area (Å²) in [7, 11) is 0. The Bertz CT molecular complexity index is 231. The third kappa shape index (κ3) is 1.83. The van der Waals surface area contributed by atoms with Crippen LogP contribution in [0.1, 0.15) is 45.4 Å². The van der Waals surface area contributed by atoms with Gasteiger partial charge in [-0.05, 0) is 44.4 Å². The molecule has 0 spiro atoms. The van der Waals surface area contributed by atoms with Gasteiger partial charge in [0.05, 0.1) is 0 Å². The SMILES string of the molecule is CCC(Br)C(=O)OC12CCC(CC1)C2. The number of ether oxygens (including phenoxy) is 1. The number of hydrogen-bond acceptors (Lipinski definition) is 2. The van der Waals surface area contributed by atoms with Crippen molar-refractivity contribution in [1.29, 1.82) is 0 Å². The van der Waals surface area contributed by atoms with Crippen molar-refractivity contribution in [2.75, 3.05) is 0 Å². The molecule has 0 aliphatic heterocycles. The fraction of sp³-hybridized carbons (Fsp3) is 0.909. The van der Waals surface area contributed by atoms with Crippen LogP contribution in [-0.2, 0) is 9.53 Å². The fourth-order valence-electron chi connectivity index (χ4n) is 2.73. The fourth-order valence-corrected chi connectivity index (χ4v) is 2.82. The van der Waals surface area contributed by atoms with Crippen LogP contribution in [0.3, 0.4) is 0 Å². The summed E-state index contributed by atoms with van der Waals surface area (Å²) >= 11 is 3.34. The van der Waals surface area contributed by atoms with Crippen LogP contribution in [0.25, 0.3) is 0 Å². The topological polar surface area (TPSA) is 26.3 Å². The van der Waals surface area contributed by atoms with Crippen molar-refractivity contribution in [1.82, 2.24) is 0 Å². The number of carbonyl (C=O) groups excluding carboxylic acids is 1. The molecule has 0 heterocycles. The highest BCUT2D eigenvalue weighted by Gasteiger charge is 2.48. The lowest BCUT2D eigenvalue weighted by Crippen LogP contribution is -2.33. The highest BCUT2D eigenvalue weighted by molar-refractivity contribution is 9.10. The molecule has 2 aliphatic carbocycles. The average Bonchev–Trinajstić information content (AvgIpc) is 2.75. The van der Waals surface area contributed by atoms with Crippen LogP contribution in [0.15, 0.2) is 0 Å². The summed E-state index contributed by atoms with van der Waals surface area (Å²) in [6.45, 7) is 1.99. The molecule has 0 saturated heterocycles. The first-order valence-corrected chi connectivity index (χ1v) is 6.44. The summed E-state index contributed by atoms with van der Waals surface area (Å²) in [6, 6.07) is 0. The lowest BCUT2D eigenvalue weighted by Gasteiger charge is -2.27. The maximum absolute atomic E-state index is 11.6. The molecule has 0 aromatic rings. The van der Waals surface area contributed by atoms with Gasteiger partial charge in [0.15, 0.2) is 0 Å². The molecule has 2 saturated carbocycles. The number of hydrogen-bond donors (Lipinski definition) is 0. The Hall–Kier alpha value is -0.0500. The van der Waals surface area contributed by atoms with E-state index in [0.29, 0.717) is 0 Å². The Balaban J connectivity index is 1.93. The summed E-state index contributed by atoms with van der Waals surface area (Å²) in [4.78, 5) is 11.5. The van der Waals surface area contributed by atoms with Crippen LogP contribution in [-0.4, -0.2) is 16.4 Å². The lowest BCUT2D eigenvalue weighted by molar-refractivity contribution is -0.158. The number of rotatable bonds is 3. The molecule has 3 heteroatoms. The lowest BCUT2D eigenvalue weighted by atomic mass is 9.97. The van der Waals surface area contributed by atoms with Crippen molar-refractivity contribution in [3.05, 3.63) is 0 Å². The molecule has 0 amide bonds. The van der Waals surface area contributed by atoms with E-state index in [1.54, 1.807) is 0 Å². The first-order chi connectivity index (χ1) is 6.65. The second-order valence-corrected chi connectivity index (χ2v) is 5.73. The van der Waals surface area contributed by atoms with Crippen LogP contribution in [0.4, 0.5) is 0 Å². The van der Waals surface area contributed by atoms with Crippen molar-refractivity contribution < 1.29 is 9.53 Å². The highest BCUT2D eigenvalue weighted by Crippen LogP contribution is 2.50. The molecule has 0 aromatic carbocycles. The standard InChI is InChI=1S/C11H17BrO2/c1-2-9(12)10(13)14-11-5-3-8(7-11)4-6-11/h8-9H,2-7H2,1H3. The van der Waals surface area contributed by atoms with E-state index < -0.39 is 0 Å². The predicted molar refractivity (Wildman–Crippen MR) is 58.4 cm³/mol. The number of esters is 1. The van der Waals surface area contributed by atoms with E-state index >= 15 is 0 Å². The van der Waals surface area contributed by atoms with Gasteiger partial charge in [-0.1, -0.05) is 22.9 Å². The minimum Gasteiger partial charge on any atom is -0.458 e. The number of fused-ring (bicyclic) bond motifs is 2. The van der Waals surface area contributed by atoms with Gasteiger partial charge in [-0.3, -0.25) is 4.79 Å². The van der Waals surface area contributed by atoms with Crippen LogP contribution < -0.4 is 0 Å². The zero-order chi connectivity index (χ0) is 10.2. The summed E-state index contributed by atoms with van der Waals surface area (Å²) in [5.41, 5.74) is -0.0665. The van der Waals surface area contributed by atoms with Gasteiger partial charge in [0, 0.05) is 0 Å². The quantitative estimate of drug-likeness (QED) is 0.576. The zero-order valence-electron chi connectivity index (χ0n) is 8.59. The maximum Gasteiger partial charge on any atom is 0.320 e. The second-order valence-electron chi connectivity index (χ2n) is 4.63. The molecule has 2 fully saturated rings. The van der Waals surface area contributed by atoms with Crippen LogP contribution in [0.2, 0.25) is 0 Å². The summed E-state index contributed by atoms with van der Waals surface area (Å²) in [6.07, 6.45) is 6.61. The first kappa shape index (κ1) is 10.5. The van der Waals surface area contributed by atoms with Crippen LogP contribution in [0.5, 0.6) is 0 Å². The van der Waals surface area contributed by atoms with E-state index in [1.807, 2.05) is 6.92 Å². The molecular formula is C11H17BrO2. The monoisotopic (exact) mass is 260 g/mol. The molecule has 1 atom stereocenters. The number of alkyl halides is 1. The Morgan fingerprint density at radius 3 is 2.64 bits per heavy atom. The smallest absolute Gasteiger partial charge is 0.320 e. The maximum atomic E-state index is 11.6. The van der Waals surface area contributed by atoms with Gasteiger partial charge in [-0.25, -0.2) is 0 Å². The Kier molecular flexibility index (Phi) is 2.87. The van der Waals surface area contributed by atoms with Crippen molar-refractivity contribution in [2.24, 2.45) is 5.92 Å². The summed E-state index contributed by atoms with van der Waals surface area (Å²) in [5, 5.41) is 0. The molecule has 80 valence electrons. The van der Waals surface area contributed by atoms with Gasteiger partial charge in [0.2, 0.25) is 0 Å². The van der Waals surface area contributed by atoms with Gasteiger partial charge in [0.1, 0.15) is 10.4 Å². The van der Waals surface area contributed by atoms with Crippen LogP contribution in [0, 0.1) is 5.92 Å². The highest BCUT2D eigenvalue weighted by atomic mass is 79.9. The zero-order valence-corrected chi connectivity index (χ0v) is 10.2. The van der Waals surface area contributed by atoms with E-state index in [4.69, 9.17) is 4.74 Å². The number of carbonyl (C=O) groups is 1. The van der Waals surface area contributed by atoms with E-state index in [9.17, 15) is 4.79 Å². The third-order valence-corrected chi connectivity index (χ3v) is 4.63.